The molecule has 1 fully saturated rings. The Morgan fingerprint density at radius 2 is 2.38 bits per heavy atom. The van der Waals surface area contributed by atoms with Gasteiger partial charge in [-0.3, -0.25) is 4.79 Å². The molecule has 0 amide bonds. The molecule has 1 aliphatic heterocycles. The van der Waals surface area contributed by atoms with Crippen LogP contribution in [0.5, 0.6) is 0 Å². The van der Waals surface area contributed by atoms with Gasteiger partial charge in [0.15, 0.2) is 0 Å². The van der Waals surface area contributed by atoms with Gasteiger partial charge in [-0.15, -0.1) is 0 Å². The fourth-order valence-electron chi connectivity index (χ4n) is 1.42. The summed E-state index contributed by atoms with van der Waals surface area (Å²) in [6.07, 6.45) is 2.06. The number of hydrogen-bond donors (Lipinski definition) is 1. The number of nitrogens with one attached hydrogen (secondary N) is 1. The van der Waals surface area contributed by atoms with Crippen molar-refractivity contribution >= 4 is 5.97 Å². The molecule has 0 aromatic carbocycles. The van der Waals surface area contributed by atoms with Gasteiger partial charge in [-0.1, -0.05) is 13.8 Å². The van der Waals surface area contributed by atoms with Crippen LogP contribution in [0.1, 0.15) is 26.7 Å². The Morgan fingerprint density at radius 1 is 1.62 bits per heavy atom. The molecule has 76 valence electrons. The largest absolute Gasteiger partial charge is 0.465 e. The number of carbonyl (C=O) groups is 1. The van der Waals surface area contributed by atoms with E-state index in [0.29, 0.717) is 12.5 Å². The Kier molecular flexibility index (Phi) is 4.22. The minimum Gasteiger partial charge on any atom is -0.465 e. The first kappa shape index (κ1) is 10.5. The summed E-state index contributed by atoms with van der Waals surface area (Å²) < 4.78 is 5.16. The average molecular weight is 185 g/mol. The maximum atomic E-state index is 11.4. The van der Waals surface area contributed by atoms with Gasteiger partial charge in [0.05, 0.1) is 12.5 Å². The normalized spacial score (nSPS) is 23.2. The zero-order valence-corrected chi connectivity index (χ0v) is 8.51. The third-order valence-electron chi connectivity index (χ3n) is 2.19. The van der Waals surface area contributed by atoms with Gasteiger partial charge in [0.1, 0.15) is 0 Å². The maximum absolute atomic E-state index is 11.4. The average Bonchev–Trinajstić information content (AvgIpc) is 2.15. The van der Waals surface area contributed by atoms with Crippen molar-refractivity contribution in [1.29, 1.82) is 0 Å². The van der Waals surface area contributed by atoms with E-state index in [1.165, 1.54) is 0 Å². The molecule has 3 heteroatoms. The molecule has 1 heterocycles. The molecule has 1 rings (SSSR count). The van der Waals surface area contributed by atoms with Crippen LogP contribution < -0.4 is 5.32 Å². The van der Waals surface area contributed by atoms with Crippen molar-refractivity contribution in [3.8, 4) is 0 Å². The monoisotopic (exact) mass is 185 g/mol. The highest BCUT2D eigenvalue weighted by atomic mass is 16.5. The van der Waals surface area contributed by atoms with E-state index in [9.17, 15) is 4.79 Å². The fraction of sp³-hybridized carbons (Fsp3) is 0.900. The summed E-state index contributed by atoms with van der Waals surface area (Å²) in [5, 5.41) is 3.20. The molecular formula is C10H19NO2. The standard InChI is InChI=1S/C10H19NO2/c1-8(2)7-13-10(12)9-4-3-5-11-6-9/h8-9,11H,3-7H2,1-2H3/t9-/m0/s1. The van der Waals surface area contributed by atoms with Crippen LogP contribution in [-0.4, -0.2) is 25.7 Å². The molecular weight excluding hydrogens is 166 g/mol. The zero-order chi connectivity index (χ0) is 9.68. The van der Waals surface area contributed by atoms with E-state index in [1.807, 2.05) is 13.8 Å². The zero-order valence-electron chi connectivity index (χ0n) is 8.51. The molecule has 0 unspecified atom stereocenters. The molecule has 1 aliphatic rings. The third kappa shape index (κ3) is 3.77. The van der Waals surface area contributed by atoms with Crippen LogP contribution in [0.15, 0.2) is 0 Å². The van der Waals surface area contributed by atoms with Gasteiger partial charge in [-0.05, 0) is 25.3 Å². The third-order valence-corrected chi connectivity index (χ3v) is 2.19. The molecule has 1 atom stereocenters. The highest BCUT2D eigenvalue weighted by Gasteiger charge is 2.22. The number of carbonyl (C=O) groups excluding carboxylic acids is 1. The first-order chi connectivity index (χ1) is 6.20. The number of piperidine rings is 1. The number of hydrogen-bond acceptors (Lipinski definition) is 3. The molecule has 1 N–H and O–H groups in total. The van der Waals surface area contributed by atoms with Gasteiger partial charge in [-0.2, -0.15) is 0 Å². The summed E-state index contributed by atoms with van der Waals surface area (Å²) in [6.45, 7) is 6.47. The lowest BCUT2D eigenvalue weighted by Crippen LogP contribution is -2.35. The quantitative estimate of drug-likeness (QED) is 0.671. The van der Waals surface area contributed by atoms with Crippen molar-refractivity contribution in [3.05, 3.63) is 0 Å². The second kappa shape index (κ2) is 5.22. The highest BCUT2D eigenvalue weighted by Crippen LogP contribution is 2.12. The molecule has 0 spiro atoms. The Morgan fingerprint density at radius 3 is 2.92 bits per heavy atom. The van der Waals surface area contributed by atoms with Gasteiger partial charge in [0.25, 0.3) is 0 Å². The van der Waals surface area contributed by atoms with Crippen LogP contribution in [0.4, 0.5) is 0 Å². The smallest absolute Gasteiger partial charge is 0.310 e. The Balaban J connectivity index is 2.21. The van der Waals surface area contributed by atoms with E-state index in [0.717, 1.165) is 25.9 Å². The fourth-order valence-corrected chi connectivity index (χ4v) is 1.42. The van der Waals surface area contributed by atoms with Gasteiger partial charge in [-0.25, -0.2) is 0 Å². The highest BCUT2D eigenvalue weighted by molar-refractivity contribution is 5.72. The lowest BCUT2D eigenvalue weighted by molar-refractivity contribution is -0.150. The predicted molar refractivity (Wildman–Crippen MR) is 51.4 cm³/mol. The Hall–Kier alpha value is -0.570. The minimum absolute atomic E-state index is 0.0269. The summed E-state index contributed by atoms with van der Waals surface area (Å²) in [6, 6.07) is 0. The predicted octanol–water partition coefficient (Wildman–Crippen LogP) is 1.19. The van der Waals surface area contributed by atoms with Crippen molar-refractivity contribution in [3.63, 3.8) is 0 Å². The molecule has 0 aromatic rings. The minimum atomic E-state index is -0.0269. The van der Waals surface area contributed by atoms with Crippen molar-refractivity contribution < 1.29 is 9.53 Å². The van der Waals surface area contributed by atoms with E-state index >= 15 is 0 Å². The molecule has 0 aliphatic carbocycles. The van der Waals surface area contributed by atoms with Crippen molar-refractivity contribution in [2.45, 2.75) is 26.7 Å². The van der Waals surface area contributed by atoms with Crippen LogP contribution >= 0.6 is 0 Å². The molecule has 0 aromatic heterocycles. The van der Waals surface area contributed by atoms with E-state index in [4.69, 9.17) is 4.74 Å². The van der Waals surface area contributed by atoms with Gasteiger partial charge < -0.3 is 10.1 Å². The van der Waals surface area contributed by atoms with E-state index < -0.39 is 0 Å². The van der Waals surface area contributed by atoms with Crippen LogP contribution in [0, 0.1) is 11.8 Å². The van der Waals surface area contributed by atoms with Crippen molar-refractivity contribution in [2.75, 3.05) is 19.7 Å². The van der Waals surface area contributed by atoms with Crippen molar-refractivity contribution in [1.82, 2.24) is 5.32 Å². The molecule has 0 radical (unpaired) electrons. The SMILES string of the molecule is CC(C)COC(=O)[C@H]1CCCNC1. The summed E-state index contributed by atoms with van der Waals surface area (Å²) in [4.78, 5) is 11.4. The lowest BCUT2D eigenvalue weighted by atomic mass is 10.0. The molecule has 3 nitrogen and oxygen atoms in total. The van der Waals surface area contributed by atoms with Crippen LogP contribution in [0.3, 0.4) is 0 Å². The second-order valence-corrected chi connectivity index (χ2v) is 4.07. The first-order valence-corrected chi connectivity index (χ1v) is 5.07. The number of ether oxygens (including phenoxy) is 1. The van der Waals surface area contributed by atoms with Gasteiger partial charge >= 0.3 is 5.97 Å². The topological polar surface area (TPSA) is 38.3 Å². The first-order valence-electron chi connectivity index (χ1n) is 5.07. The van der Waals surface area contributed by atoms with Crippen LogP contribution in [-0.2, 0) is 9.53 Å². The van der Waals surface area contributed by atoms with E-state index in [-0.39, 0.29) is 11.9 Å². The summed E-state index contributed by atoms with van der Waals surface area (Å²) in [7, 11) is 0. The molecule has 13 heavy (non-hydrogen) atoms. The number of esters is 1. The summed E-state index contributed by atoms with van der Waals surface area (Å²) in [5.74, 6) is 0.494. The molecule has 1 saturated heterocycles. The van der Waals surface area contributed by atoms with Crippen LogP contribution in [0.2, 0.25) is 0 Å². The van der Waals surface area contributed by atoms with E-state index in [1.54, 1.807) is 0 Å². The maximum Gasteiger partial charge on any atom is 0.310 e. The van der Waals surface area contributed by atoms with E-state index in [2.05, 4.69) is 5.32 Å². The molecule has 0 bridgehead atoms. The van der Waals surface area contributed by atoms with Gasteiger partial charge in [0, 0.05) is 6.54 Å². The van der Waals surface area contributed by atoms with Crippen LogP contribution in [0.25, 0.3) is 0 Å². The lowest BCUT2D eigenvalue weighted by Gasteiger charge is -2.21. The summed E-state index contributed by atoms with van der Waals surface area (Å²) >= 11 is 0. The second-order valence-electron chi connectivity index (χ2n) is 4.07. The van der Waals surface area contributed by atoms with Crippen molar-refractivity contribution in [2.24, 2.45) is 11.8 Å². The Labute approximate surface area is 79.8 Å². The Bertz CT molecular complexity index is 162. The summed E-state index contributed by atoms with van der Waals surface area (Å²) in [5.41, 5.74) is 0. The van der Waals surface area contributed by atoms with Gasteiger partial charge in [0.2, 0.25) is 0 Å². The molecule has 0 saturated carbocycles. The number of rotatable bonds is 3.